The van der Waals surface area contributed by atoms with Gasteiger partial charge in [0.05, 0.1) is 0 Å². The summed E-state index contributed by atoms with van der Waals surface area (Å²) in [6.07, 6.45) is 14.5. The van der Waals surface area contributed by atoms with E-state index in [0.29, 0.717) is 17.6 Å². The summed E-state index contributed by atoms with van der Waals surface area (Å²) in [5.41, 5.74) is 0.630. The number of rotatable bonds is 15. The first-order valence-electron chi connectivity index (χ1n) is 11.3. The van der Waals surface area contributed by atoms with Gasteiger partial charge >= 0.3 is 5.97 Å². The lowest BCUT2D eigenvalue weighted by atomic mass is 9.97. The van der Waals surface area contributed by atoms with Crippen molar-refractivity contribution in [2.24, 2.45) is 4.99 Å². The van der Waals surface area contributed by atoms with Gasteiger partial charge in [-0.1, -0.05) is 70.1 Å². The van der Waals surface area contributed by atoms with Gasteiger partial charge in [-0.2, -0.15) is 0 Å². The zero-order chi connectivity index (χ0) is 21.8. The molecular formula is C25H35NO4. The molecule has 0 saturated carbocycles. The van der Waals surface area contributed by atoms with E-state index in [2.05, 4.69) is 18.0 Å². The summed E-state index contributed by atoms with van der Waals surface area (Å²) < 4.78 is 0. The molecule has 0 bridgehead atoms. The van der Waals surface area contributed by atoms with E-state index in [4.69, 9.17) is 5.11 Å². The minimum atomic E-state index is -1.48. The largest absolute Gasteiger partial charge is 0.481 e. The molecule has 2 N–H and O–H groups in total. The smallest absolute Gasteiger partial charge is 0.303 e. The third-order valence-electron chi connectivity index (χ3n) is 5.52. The van der Waals surface area contributed by atoms with E-state index in [-0.39, 0.29) is 18.6 Å². The fourth-order valence-corrected chi connectivity index (χ4v) is 3.76. The van der Waals surface area contributed by atoms with Crippen LogP contribution in [-0.2, 0) is 11.2 Å². The molecule has 0 aliphatic carbocycles. The molecule has 1 atom stereocenters. The number of carbonyl (C=O) groups is 2. The van der Waals surface area contributed by atoms with E-state index in [9.17, 15) is 14.7 Å². The van der Waals surface area contributed by atoms with E-state index in [1.165, 1.54) is 57.2 Å². The van der Waals surface area contributed by atoms with Gasteiger partial charge in [0.1, 0.15) is 0 Å². The summed E-state index contributed by atoms with van der Waals surface area (Å²) in [4.78, 5) is 27.5. The van der Waals surface area contributed by atoms with Crippen molar-refractivity contribution in [3.8, 4) is 0 Å². The second-order valence-corrected chi connectivity index (χ2v) is 8.24. The average molecular weight is 414 g/mol. The number of aliphatic carboxylic acids is 1. The van der Waals surface area contributed by atoms with Crippen molar-refractivity contribution in [1.82, 2.24) is 0 Å². The van der Waals surface area contributed by atoms with Crippen LogP contribution in [0.5, 0.6) is 0 Å². The Kier molecular flexibility index (Phi) is 9.95. The number of aliphatic imine (C=N–C) groups is 1. The molecule has 1 aliphatic heterocycles. The fraction of sp³-hybridized carbons (Fsp3) is 0.560. The van der Waals surface area contributed by atoms with E-state index < -0.39 is 11.7 Å². The molecule has 30 heavy (non-hydrogen) atoms. The first-order chi connectivity index (χ1) is 14.4. The lowest BCUT2D eigenvalue weighted by Gasteiger charge is -2.15. The Morgan fingerprint density at radius 3 is 2.40 bits per heavy atom. The van der Waals surface area contributed by atoms with Gasteiger partial charge in [0.25, 0.3) is 0 Å². The van der Waals surface area contributed by atoms with Gasteiger partial charge in [0.2, 0.25) is 0 Å². The number of hydrogen-bond donors (Lipinski definition) is 2. The summed E-state index contributed by atoms with van der Waals surface area (Å²) in [6, 6.07) is 7.67. The highest BCUT2D eigenvalue weighted by molar-refractivity contribution is 6.22. The molecule has 0 amide bonds. The minimum absolute atomic E-state index is 0.0320. The van der Waals surface area contributed by atoms with Crippen LogP contribution in [0.15, 0.2) is 40.9 Å². The van der Waals surface area contributed by atoms with Crippen LogP contribution in [0.4, 0.5) is 0 Å². The van der Waals surface area contributed by atoms with Crippen LogP contribution >= 0.6 is 0 Å². The maximum Gasteiger partial charge on any atom is 0.303 e. The molecule has 2 rings (SSSR count). The van der Waals surface area contributed by atoms with Crippen LogP contribution < -0.4 is 0 Å². The van der Waals surface area contributed by atoms with Crippen LogP contribution in [0, 0.1) is 0 Å². The molecule has 0 fully saturated rings. The lowest BCUT2D eigenvalue weighted by Crippen LogP contribution is -2.21. The van der Waals surface area contributed by atoms with Gasteiger partial charge in [0, 0.05) is 30.2 Å². The molecular weight excluding hydrogens is 378 g/mol. The van der Waals surface area contributed by atoms with Crippen LogP contribution in [0.2, 0.25) is 0 Å². The average Bonchev–Trinajstić information content (AvgIpc) is 3.11. The molecule has 1 aromatic rings. The second kappa shape index (κ2) is 12.4. The second-order valence-electron chi connectivity index (χ2n) is 8.24. The molecule has 0 saturated heterocycles. The van der Waals surface area contributed by atoms with Crippen molar-refractivity contribution in [1.29, 1.82) is 0 Å². The number of hydrogen-bond acceptors (Lipinski definition) is 4. The van der Waals surface area contributed by atoms with Gasteiger partial charge in [-0.25, -0.2) is 0 Å². The summed E-state index contributed by atoms with van der Waals surface area (Å²) in [7, 11) is 0. The zero-order valence-corrected chi connectivity index (χ0v) is 18.1. The van der Waals surface area contributed by atoms with E-state index in [1.54, 1.807) is 6.07 Å². The zero-order valence-electron chi connectivity index (χ0n) is 18.1. The molecule has 5 heteroatoms. The Hall–Kier alpha value is -2.27. The predicted octanol–water partition coefficient (Wildman–Crippen LogP) is 5.51. The van der Waals surface area contributed by atoms with Gasteiger partial charge < -0.3 is 10.2 Å². The Morgan fingerprint density at radius 1 is 1.00 bits per heavy atom. The normalized spacial score (nSPS) is 17.9. The SMILES string of the molecule is CCCCCCCCCCc1cccc(C(=O)C2=CC(O)(CCCC(=O)O)N=C2)c1. The molecule has 0 aromatic heterocycles. The lowest BCUT2D eigenvalue weighted by molar-refractivity contribution is -0.137. The topological polar surface area (TPSA) is 87.0 Å². The number of aliphatic hydroxyl groups is 1. The Labute approximate surface area is 179 Å². The quantitative estimate of drug-likeness (QED) is 0.293. The number of ketones is 1. The molecule has 0 radical (unpaired) electrons. The first kappa shape index (κ1) is 24.0. The van der Waals surface area contributed by atoms with Crippen molar-refractivity contribution < 1.29 is 19.8 Å². The maximum atomic E-state index is 12.8. The van der Waals surface area contributed by atoms with Crippen molar-refractivity contribution in [3.63, 3.8) is 0 Å². The fourth-order valence-electron chi connectivity index (χ4n) is 3.76. The summed E-state index contributed by atoms with van der Waals surface area (Å²) >= 11 is 0. The van der Waals surface area contributed by atoms with Crippen LogP contribution in [-0.4, -0.2) is 33.9 Å². The molecule has 1 unspecified atom stereocenters. The minimum Gasteiger partial charge on any atom is -0.481 e. The molecule has 164 valence electrons. The number of carboxylic acid groups (broad SMARTS) is 1. The number of benzene rings is 1. The van der Waals surface area contributed by atoms with Gasteiger partial charge in [-0.05, 0) is 37.0 Å². The Balaban J connectivity index is 1.82. The van der Waals surface area contributed by atoms with Crippen LogP contribution in [0.25, 0.3) is 0 Å². The van der Waals surface area contributed by atoms with Gasteiger partial charge in [0.15, 0.2) is 11.5 Å². The van der Waals surface area contributed by atoms with E-state index in [0.717, 1.165) is 18.4 Å². The monoisotopic (exact) mass is 413 g/mol. The van der Waals surface area contributed by atoms with Crippen molar-refractivity contribution in [2.75, 3.05) is 0 Å². The highest BCUT2D eigenvalue weighted by Gasteiger charge is 2.29. The molecule has 1 aliphatic rings. The Morgan fingerprint density at radius 2 is 1.70 bits per heavy atom. The van der Waals surface area contributed by atoms with Gasteiger partial charge in [-0.15, -0.1) is 0 Å². The van der Waals surface area contributed by atoms with Crippen molar-refractivity contribution in [2.45, 2.75) is 89.7 Å². The number of carboxylic acids is 1. The molecule has 1 aromatic carbocycles. The number of unbranched alkanes of at least 4 members (excludes halogenated alkanes) is 7. The van der Waals surface area contributed by atoms with Crippen LogP contribution in [0.1, 0.15) is 93.5 Å². The van der Waals surface area contributed by atoms with E-state index in [1.807, 2.05) is 12.1 Å². The summed E-state index contributed by atoms with van der Waals surface area (Å²) in [5.74, 6) is -1.07. The maximum absolute atomic E-state index is 12.8. The highest BCUT2D eigenvalue weighted by Crippen LogP contribution is 2.26. The number of carbonyl (C=O) groups excluding carboxylic acids is 1. The number of allylic oxidation sites excluding steroid dienone is 1. The molecule has 0 spiro atoms. The number of Topliss-reactive ketones (excluding diaryl/α,β-unsaturated/α-hetero) is 1. The van der Waals surface area contributed by atoms with Gasteiger partial charge in [-0.3, -0.25) is 14.6 Å². The predicted molar refractivity (Wildman–Crippen MR) is 120 cm³/mol. The standard InChI is InChI=1S/C25H35NO4/c1-2-3-4-5-6-7-8-9-12-20-13-10-14-21(17-20)24(29)22-18-25(30,26-19-22)16-11-15-23(27)28/h10,13-14,17-19,30H,2-9,11-12,15-16H2,1H3,(H,27,28). The highest BCUT2D eigenvalue weighted by atomic mass is 16.4. The van der Waals surface area contributed by atoms with Crippen LogP contribution in [0.3, 0.4) is 0 Å². The number of nitrogens with zero attached hydrogens (tertiary/aromatic N) is 1. The first-order valence-corrected chi connectivity index (χ1v) is 11.3. The number of aryl methyl sites for hydroxylation is 1. The molecule has 5 nitrogen and oxygen atoms in total. The molecule has 1 heterocycles. The van der Waals surface area contributed by atoms with Crippen molar-refractivity contribution >= 4 is 18.0 Å². The Bertz CT molecular complexity index is 768. The summed E-state index contributed by atoms with van der Waals surface area (Å²) in [6.45, 7) is 2.23. The van der Waals surface area contributed by atoms with E-state index >= 15 is 0 Å². The summed E-state index contributed by atoms with van der Waals surface area (Å²) in [5, 5.41) is 19.2. The third kappa shape index (κ3) is 8.23. The van der Waals surface area contributed by atoms with Crippen molar-refractivity contribution in [3.05, 3.63) is 47.0 Å². The third-order valence-corrected chi connectivity index (χ3v) is 5.52.